The number of nitrogens with zero attached hydrogens (tertiary/aromatic N) is 2. The van der Waals surface area contributed by atoms with E-state index in [-0.39, 0.29) is 11.2 Å². The van der Waals surface area contributed by atoms with Gasteiger partial charge in [0.1, 0.15) is 0 Å². The second-order valence-electron chi connectivity index (χ2n) is 7.67. The Morgan fingerprint density at radius 2 is 1.81 bits per heavy atom. The van der Waals surface area contributed by atoms with E-state index in [0.29, 0.717) is 15.2 Å². The molecule has 0 saturated heterocycles. The summed E-state index contributed by atoms with van der Waals surface area (Å²) in [5.74, 6) is -0.120. The molecule has 32 heavy (non-hydrogen) atoms. The zero-order valence-electron chi connectivity index (χ0n) is 18.0. The molecule has 0 spiro atoms. The van der Waals surface area contributed by atoms with Gasteiger partial charge in [-0.05, 0) is 63.1 Å². The van der Waals surface area contributed by atoms with Gasteiger partial charge in [0.05, 0.1) is 31.5 Å². The molecule has 8 heteroatoms. The number of aryl methyl sites for hydroxylation is 3. The number of halogens is 2. The fourth-order valence-corrected chi connectivity index (χ4v) is 5.37. The van der Waals surface area contributed by atoms with Crippen LogP contribution < -0.4 is 5.32 Å². The number of fused-ring (bicyclic) bond motifs is 1. The van der Waals surface area contributed by atoms with E-state index in [1.54, 1.807) is 12.1 Å². The number of nitrogens with one attached hydrogen (secondary N) is 1. The van der Waals surface area contributed by atoms with Crippen LogP contribution in [0.1, 0.15) is 23.6 Å². The lowest BCUT2D eigenvalue weighted by Gasteiger charge is -2.13. The van der Waals surface area contributed by atoms with Crippen molar-refractivity contribution in [3.05, 3.63) is 68.5 Å². The summed E-state index contributed by atoms with van der Waals surface area (Å²) in [5.41, 5.74) is 6.08. The van der Waals surface area contributed by atoms with Crippen LogP contribution in [0.4, 0.5) is 5.13 Å². The van der Waals surface area contributed by atoms with Crippen LogP contribution >= 0.6 is 46.3 Å². The molecule has 0 aliphatic rings. The van der Waals surface area contributed by atoms with Gasteiger partial charge in [-0.25, -0.2) is 9.97 Å². The van der Waals surface area contributed by atoms with Crippen molar-refractivity contribution in [2.24, 2.45) is 0 Å². The highest BCUT2D eigenvalue weighted by Crippen LogP contribution is 2.32. The molecule has 1 atom stereocenters. The van der Waals surface area contributed by atoms with Gasteiger partial charge in [0.2, 0.25) is 5.91 Å². The number of thioether (sulfide) groups is 1. The Balaban J connectivity index is 1.48. The highest BCUT2D eigenvalue weighted by Gasteiger charge is 2.18. The van der Waals surface area contributed by atoms with Gasteiger partial charge in [-0.3, -0.25) is 4.79 Å². The van der Waals surface area contributed by atoms with E-state index in [1.165, 1.54) is 28.7 Å². The molecule has 2 aromatic heterocycles. The Morgan fingerprint density at radius 3 is 2.56 bits per heavy atom. The Labute approximate surface area is 205 Å². The van der Waals surface area contributed by atoms with Gasteiger partial charge < -0.3 is 5.32 Å². The number of carbonyl (C=O) groups is 1. The third-order valence-corrected chi connectivity index (χ3v) is 7.56. The van der Waals surface area contributed by atoms with Gasteiger partial charge in [0.25, 0.3) is 0 Å². The molecule has 2 heterocycles. The average Bonchev–Trinajstić information content (AvgIpc) is 3.19. The average molecular weight is 502 g/mol. The molecule has 1 N–H and O–H groups in total. The van der Waals surface area contributed by atoms with Crippen molar-refractivity contribution in [1.82, 2.24) is 9.97 Å². The normalized spacial score (nSPS) is 12.2. The van der Waals surface area contributed by atoms with E-state index < -0.39 is 0 Å². The Kier molecular flexibility index (Phi) is 6.77. The molecule has 0 radical (unpaired) electrons. The van der Waals surface area contributed by atoms with E-state index in [4.69, 9.17) is 28.2 Å². The van der Waals surface area contributed by atoms with Crippen molar-refractivity contribution in [3.63, 3.8) is 0 Å². The lowest BCUT2D eigenvalue weighted by molar-refractivity contribution is -0.115. The summed E-state index contributed by atoms with van der Waals surface area (Å²) < 4.78 is 0. The number of pyridine rings is 1. The second-order valence-corrected chi connectivity index (χ2v) is 10.7. The molecular weight excluding hydrogens is 481 g/mol. The van der Waals surface area contributed by atoms with Crippen molar-refractivity contribution in [2.45, 2.75) is 38.0 Å². The summed E-state index contributed by atoms with van der Waals surface area (Å²) in [6.45, 7) is 8.11. The fraction of sp³-hybridized carbons (Fsp3) is 0.208. The van der Waals surface area contributed by atoms with Crippen molar-refractivity contribution >= 4 is 68.2 Å². The third kappa shape index (κ3) is 4.94. The van der Waals surface area contributed by atoms with Crippen LogP contribution in [0.3, 0.4) is 0 Å². The molecule has 164 valence electrons. The van der Waals surface area contributed by atoms with Crippen LogP contribution in [-0.2, 0) is 4.79 Å². The molecule has 0 bridgehead atoms. The first-order chi connectivity index (χ1) is 15.2. The summed E-state index contributed by atoms with van der Waals surface area (Å²) in [5, 5.41) is 7.95. The molecule has 0 fully saturated rings. The number of thiazole rings is 1. The highest BCUT2D eigenvalue weighted by molar-refractivity contribution is 8.00. The maximum atomic E-state index is 12.8. The van der Waals surface area contributed by atoms with E-state index in [1.807, 2.05) is 24.4 Å². The van der Waals surface area contributed by atoms with Crippen LogP contribution in [0, 0.1) is 20.8 Å². The lowest BCUT2D eigenvalue weighted by atomic mass is 10.0. The SMILES string of the molecule is Cc1cc(C)c2nc(S[C@@H](C)C(=O)Nc3nc(-c4ccc(Cl)c(Cl)c4)cs3)cc(C)c2c1. The zero-order chi connectivity index (χ0) is 23.0. The predicted molar refractivity (Wildman–Crippen MR) is 137 cm³/mol. The Morgan fingerprint density at radius 1 is 1.03 bits per heavy atom. The third-order valence-electron chi connectivity index (χ3n) is 5.05. The van der Waals surface area contributed by atoms with Crippen molar-refractivity contribution < 1.29 is 4.79 Å². The Bertz CT molecular complexity index is 1340. The van der Waals surface area contributed by atoms with Crippen LogP contribution in [0.5, 0.6) is 0 Å². The molecule has 4 rings (SSSR count). The van der Waals surface area contributed by atoms with Gasteiger partial charge >= 0.3 is 0 Å². The minimum atomic E-state index is -0.331. The lowest BCUT2D eigenvalue weighted by Crippen LogP contribution is -2.22. The fourth-order valence-electron chi connectivity index (χ4n) is 3.44. The number of hydrogen-bond donors (Lipinski definition) is 1. The molecular formula is C24H21Cl2N3OS2. The first-order valence-corrected chi connectivity index (χ1v) is 12.5. The topological polar surface area (TPSA) is 54.9 Å². The number of carbonyl (C=O) groups excluding carboxylic acids is 1. The molecule has 0 unspecified atom stereocenters. The maximum absolute atomic E-state index is 12.8. The monoisotopic (exact) mass is 501 g/mol. The van der Waals surface area contributed by atoms with Crippen LogP contribution in [-0.4, -0.2) is 21.1 Å². The smallest absolute Gasteiger partial charge is 0.239 e. The van der Waals surface area contributed by atoms with Gasteiger partial charge in [0.15, 0.2) is 5.13 Å². The molecule has 4 aromatic rings. The Hall–Kier alpha value is -2.12. The number of rotatable bonds is 5. The van der Waals surface area contributed by atoms with Crippen molar-refractivity contribution in [2.75, 3.05) is 5.32 Å². The highest BCUT2D eigenvalue weighted by atomic mass is 35.5. The number of amides is 1. The van der Waals surface area contributed by atoms with Gasteiger partial charge in [-0.15, -0.1) is 11.3 Å². The van der Waals surface area contributed by atoms with Crippen LogP contribution in [0.25, 0.3) is 22.2 Å². The minimum absolute atomic E-state index is 0.120. The molecule has 0 aliphatic heterocycles. The zero-order valence-corrected chi connectivity index (χ0v) is 21.1. The van der Waals surface area contributed by atoms with E-state index in [9.17, 15) is 4.79 Å². The van der Waals surface area contributed by atoms with Gasteiger partial charge in [0, 0.05) is 16.3 Å². The first kappa shape index (κ1) is 23.1. The van der Waals surface area contributed by atoms with Crippen LogP contribution in [0.2, 0.25) is 10.0 Å². The summed E-state index contributed by atoms with van der Waals surface area (Å²) in [6.07, 6.45) is 0. The molecule has 2 aromatic carbocycles. The van der Waals surface area contributed by atoms with Gasteiger partial charge in [-0.2, -0.15) is 0 Å². The largest absolute Gasteiger partial charge is 0.301 e. The van der Waals surface area contributed by atoms with E-state index in [2.05, 4.69) is 43.2 Å². The number of hydrogen-bond acceptors (Lipinski definition) is 5. The summed E-state index contributed by atoms with van der Waals surface area (Å²) in [7, 11) is 0. The maximum Gasteiger partial charge on any atom is 0.239 e. The van der Waals surface area contributed by atoms with E-state index >= 15 is 0 Å². The minimum Gasteiger partial charge on any atom is -0.301 e. The standard InChI is InChI=1S/C24H21Cl2N3OS2/c1-12-7-14(3)22-17(8-12)13(2)9-21(28-22)32-15(4)23(30)29-24-27-20(11-31-24)16-5-6-18(25)19(26)10-16/h5-11,15H,1-4H3,(H,27,29,30)/t15-/m0/s1. The molecule has 0 aliphatic carbocycles. The molecule has 4 nitrogen and oxygen atoms in total. The molecule has 0 saturated carbocycles. The molecule has 1 amide bonds. The van der Waals surface area contributed by atoms with Crippen molar-refractivity contribution in [3.8, 4) is 11.3 Å². The van der Waals surface area contributed by atoms with Crippen LogP contribution in [0.15, 0.2) is 46.8 Å². The first-order valence-electron chi connectivity index (χ1n) is 9.98. The van der Waals surface area contributed by atoms with E-state index in [0.717, 1.165) is 38.3 Å². The summed E-state index contributed by atoms with van der Waals surface area (Å²) >= 11 is 14.9. The predicted octanol–water partition coefficient (Wildman–Crippen LogP) is 7.71. The number of anilines is 1. The quantitative estimate of drug-likeness (QED) is 0.284. The summed E-state index contributed by atoms with van der Waals surface area (Å²) in [4.78, 5) is 22.1. The summed E-state index contributed by atoms with van der Waals surface area (Å²) in [6, 6.07) is 11.7. The second kappa shape index (κ2) is 9.40. The van der Waals surface area contributed by atoms with Gasteiger partial charge in [-0.1, -0.05) is 52.7 Å². The van der Waals surface area contributed by atoms with Crippen molar-refractivity contribution in [1.29, 1.82) is 0 Å². The number of benzene rings is 2. The number of aromatic nitrogens is 2.